The summed E-state index contributed by atoms with van der Waals surface area (Å²) in [6, 6.07) is 15.3. The highest BCUT2D eigenvalue weighted by Gasteiger charge is 2.21. The van der Waals surface area contributed by atoms with Crippen LogP contribution in [0, 0.1) is 5.92 Å². The maximum absolute atomic E-state index is 12.3. The second-order valence-corrected chi connectivity index (χ2v) is 5.93. The van der Waals surface area contributed by atoms with Crippen molar-refractivity contribution in [2.75, 3.05) is 18.5 Å². The first-order chi connectivity index (χ1) is 11.2. The number of benzene rings is 2. The molecule has 1 saturated heterocycles. The summed E-state index contributed by atoms with van der Waals surface area (Å²) in [4.78, 5) is 12.3. The Morgan fingerprint density at radius 2 is 1.83 bits per heavy atom. The van der Waals surface area contributed by atoms with Crippen molar-refractivity contribution in [1.82, 2.24) is 0 Å². The summed E-state index contributed by atoms with van der Waals surface area (Å²) < 4.78 is 5.28. The first kappa shape index (κ1) is 15.6. The lowest BCUT2D eigenvalue weighted by Crippen LogP contribution is -2.28. The Kier molecular flexibility index (Phi) is 4.93. The first-order valence-electron chi connectivity index (χ1n) is 7.96. The molecule has 0 aromatic heterocycles. The first-order valence-corrected chi connectivity index (χ1v) is 7.96. The summed E-state index contributed by atoms with van der Waals surface area (Å²) in [5.41, 5.74) is 2.78. The number of nitrogens with one attached hydrogen (secondary N) is 1. The third-order valence-corrected chi connectivity index (χ3v) is 4.09. The normalized spacial score (nSPS) is 15.3. The second-order valence-electron chi connectivity index (χ2n) is 5.93. The van der Waals surface area contributed by atoms with Crippen molar-refractivity contribution in [2.45, 2.75) is 19.3 Å². The van der Waals surface area contributed by atoms with Crippen molar-refractivity contribution in [3.63, 3.8) is 0 Å². The maximum Gasteiger partial charge on any atom is 0.227 e. The highest BCUT2D eigenvalue weighted by Crippen LogP contribution is 2.24. The SMILES string of the molecule is O=C(Nc1cc(O)cc(Cc2ccccc2)c1)C1CCOCC1. The molecule has 0 aliphatic carbocycles. The Labute approximate surface area is 136 Å². The van der Waals surface area contributed by atoms with Crippen LogP contribution < -0.4 is 5.32 Å². The highest BCUT2D eigenvalue weighted by atomic mass is 16.5. The molecule has 3 rings (SSSR count). The lowest BCUT2D eigenvalue weighted by molar-refractivity contribution is -0.122. The third kappa shape index (κ3) is 4.33. The number of phenolic OH excluding ortho intramolecular Hbond substituents is 1. The van der Waals surface area contributed by atoms with Crippen LogP contribution in [0.15, 0.2) is 48.5 Å². The van der Waals surface area contributed by atoms with Crippen molar-refractivity contribution < 1.29 is 14.6 Å². The van der Waals surface area contributed by atoms with Gasteiger partial charge >= 0.3 is 0 Å². The van der Waals surface area contributed by atoms with Crippen LogP contribution in [0.3, 0.4) is 0 Å². The van der Waals surface area contributed by atoms with Crippen LogP contribution in [-0.2, 0) is 16.0 Å². The Hall–Kier alpha value is -2.33. The molecule has 4 heteroatoms. The molecule has 0 atom stereocenters. The van der Waals surface area contributed by atoms with E-state index in [-0.39, 0.29) is 17.6 Å². The average molecular weight is 311 g/mol. The Morgan fingerprint density at radius 3 is 2.57 bits per heavy atom. The second kappa shape index (κ2) is 7.29. The van der Waals surface area contributed by atoms with E-state index in [4.69, 9.17) is 4.74 Å². The molecule has 1 heterocycles. The summed E-state index contributed by atoms with van der Waals surface area (Å²) in [6.45, 7) is 1.27. The van der Waals surface area contributed by atoms with Gasteiger partial charge in [0.2, 0.25) is 5.91 Å². The molecular weight excluding hydrogens is 290 g/mol. The van der Waals surface area contributed by atoms with Gasteiger partial charge < -0.3 is 15.2 Å². The van der Waals surface area contributed by atoms with Crippen molar-refractivity contribution in [3.8, 4) is 5.75 Å². The smallest absolute Gasteiger partial charge is 0.227 e. The summed E-state index contributed by atoms with van der Waals surface area (Å²) in [5, 5.41) is 12.8. The van der Waals surface area contributed by atoms with E-state index < -0.39 is 0 Å². The standard InChI is InChI=1S/C19H21NO3/c21-18-12-15(10-14-4-2-1-3-5-14)11-17(13-18)20-19(22)16-6-8-23-9-7-16/h1-5,11-13,16,21H,6-10H2,(H,20,22). The van der Waals surface area contributed by atoms with Crippen LogP contribution in [0.2, 0.25) is 0 Å². The maximum atomic E-state index is 12.3. The molecule has 1 aliphatic rings. The van der Waals surface area contributed by atoms with Gasteiger partial charge in [-0.1, -0.05) is 30.3 Å². The predicted octanol–water partition coefficient (Wildman–Crippen LogP) is 3.35. The Bertz CT molecular complexity index is 664. The lowest BCUT2D eigenvalue weighted by Gasteiger charge is -2.21. The number of hydrogen-bond donors (Lipinski definition) is 2. The zero-order chi connectivity index (χ0) is 16.1. The minimum atomic E-state index is -0.0105. The van der Waals surface area contributed by atoms with Gasteiger partial charge in [0.15, 0.2) is 0 Å². The predicted molar refractivity (Wildman–Crippen MR) is 89.5 cm³/mol. The summed E-state index contributed by atoms with van der Waals surface area (Å²) >= 11 is 0. The van der Waals surface area contributed by atoms with Gasteiger partial charge in [-0.15, -0.1) is 0 Å². The molecule has 4 nitrogen and oxygen atoms in total. The molecule has 2 aromatic carbocycles. The molecule has 0 spiro atoms. The van der Waals surface area contributed by atoms with Crippen LogP contribution in [0.25, 0.3) is 0 Å². The molecule has 1 aliphatic heterocycles. The molecular formula is C19H21NO3. The fourth-order valence-corrected chi connectivity index (χ4v) is 2.88. The molecule has 0 bridgehead atoms. The molecule has 0 unspecified atom stereocenters. The topological polar surface area (TPSA) is 58.6 Å². The summed E-state index contributed by atoms with van der Waals surface area (Å²) in [7, 11) is 0. The van der Waals surface area contributed by atoms with Gasteiger partial charge in [0.25, 0.3) is 0 Å². The third-order valence-electron chi connectivity index (χ3n) is 4.09. The Morgan fingerprint density at radius 1 is 1.09 bits per heavy atom. The molecule has 1 amide bonds. The van der Waals surface area contributed by atoms with E-state index in [9.17, 15) is 9.90 Å². The van der Waals surface area contributed by atoms with Crippen molar-refractivity contribution >= 4 is 11.6 Å². The molecule has 2 aromatic rings. The molecule has 0 radical (unpaired) electrons. The fourth-order valence-electron chi connectivity index (χ4n) is 2.88. The zero-order valence-electron chi connectivity index (χ0n) is 13.0. The summed E-state index contributed by atoms with van der Waals surface area (Å²) in [5.74, 6) is 0.161. The number of hydrogen-bond acceptors (Lipinski definition) is 3. The monoisotopic (exact) mass is 311 g/mol. The van der Waals surface area contributed by atoms with E-state index in [0.29, 0.717) is 18.9 Å². The van der Waals surface area contributed by atoms with E-state index in [2.05, 4.69) is 5.32 Å². The molecule has 2 N–H and O–H groups in total. The minimum absolute atomic E-state index is 0.00422. The van der Waals surface area contributed by atoms with Crippen molar-refractivity contribution in [3.05, 3.63) is 59.7 Å². The van der Waals surface area contributed by atoms with E-state index in [1.165, 1.54) is 5.56 Å². The van der Waals surface area contributed by atoms with Crippen LogP contribution in [-0.4, -0.2) is 24.2 Å². The van der Waals surface area contributed by atoms with Gasteiger partial charge in [-0.3, -0.25) is 4.79 Å². The number of carbonyl (C=O) groups excluding carboxylic acids is 1. The van der Waals surface area contributed by atoms with Gasteiger partial charge in [0, 0.05) is 30.9 Å². The Balaban J connectivity index is 1.71. The molecule has 120 valence electrons. The average Bonchev–Trinajstić information content (AvgIpc) is 2.56. The number of rotatable bonds is 4. The van der Waals surface area contributed by atoms with Gasteiger partial charge in [-0.25, -0.2) is 0 Å². The van der Waals surface area contributed by atoms with Gasteiger partial charge in [0.1, 0.15) is 5.75 Å². The number of carbonyl (C=O) groups is 1. The number of phenols is 1. The van der Waals surface area contributed by atoms with Crippen molar-refractivity contribution in [2.24, 2.45) is 5.92 Å². The van der Waals surface area contributed by atoms with Crippen LogP contribution in [0.1, 0.15) is 24.0 Å². The quantitative estimate of drug-likeness (QED) is 0.910. The highest BCUT2D eigenvalue weighted by molar-refractivity contribution is 5.92. The van der Waals surface area contributed by atoms with E-state index in [1.54, 1.807) is 12.1 Å². The summed E-state index contributed by atoms with van der Waals surface area (Å²) in [6.07, 6.45) is 2.22. The zero-order valence-corrected chi connectivity index (χ0v) is 13.0. The molecule has 0 saturated carbocycles. The van der Waals surface area contributed by atoms with Crippen molar-refractivity contribution in [1.29, 1.82) is 0 Å². The van der Waals surface area contributed by atoms with E-state index in [0.717, 1.165) is 24.8 Å². The molecule has 23 heavy (non-hydrogen) atoms. The number of amides is 1. The van der Waals surface area contributed by atoms with E-state index >= 15 is 0 Å². The van der Waals surface area contributed by atoms with E-state index in [1.807, 2.05) is 36.4 Å². The van der Waals surface area contributed by atoms with Gasteiger partial charge in [-0.05, 0) is 42.5 Å². The van der Waals surface area contributed by atoms with Gasteiger partial charge in [-0.2, -0.15) is 0 Å². The fraction of sp³-hybridized carbons (Fsp3) is 0.316. The number of ether oxygens (including phenoxy) is 1. The number of aromatic hydroxyl groups is 1. The van der Waals surface area contributed by atoms with Gasteiger partial charge in [0.05, 0.1) is 0 Å². The lowest BCUT2D eigenvalue weighted by atomic mass is 9.99. The van der Waals surface area contributed by atoms with Crippen LogP contribution in [0.4, 0.5) is 5.69 Å². The van der Waals surface area contributed by atoms with Crippen LogP contribution in [0.5, 0.6) is 5.75 Å². The largest absolute Gasteiger partial charge is 0.508 e. The molecule has 1 fully saturated rings. The minimum Gasteiger partial charge on any atom is -0.508 e. The van der Waals surface area contributed by atoms with Crippen LogP contribution >= 0.6 is 0 Å². The number of anilines is 1.